The van der Waals surface area contributed by atoms with Gasteiger partial charge in [0.1, 0.15) is 5.60 Å². The van der Waals surface area contributed by atoms with E-state index in [9.17, 15) is 4.79 Å². The second-order valence-corrected chi connectivity index (χ2v) is 7.85. The van der Waals surface area contributed by atoms with Crippen LogP contribution in [0.5, 0.6) is 0 Å². The zero-order valence-corrected chi connectivity index (χ0v) is 14.7. The molecule has 2 aliphatic heterocycles. The average Bonchev–Trinajstić information content (AvgIpc) is 2.45. The lowest BCUT2D eigenvalue weighted by atomic mass is 9.91. The van der Waals surface area contributed by atoms with Gasteiger partial charge in [-0.3, -0.25) is 0 Å². The molecule has 0 aliphatic carbocycles. The second kappa shape index (κ2) is 7.64. The first kappa shape index (κ1) is 17.5. The van der Waals surface area contributed by atoms with Crippen LogP contribution in [0.1, 0.15) is 46.5 Å². The first-order valence-corrected chi connectivity index (χ1v) is 8.74. The zero-order valence-electron chi connectivity index (χ0n) is 14.7. The predicted molar refractivity (Wildman–Crippen MR) is 89.1 cm³/mol. The lowest BCUT2D eigenvalue weighted by molar-refractivity contribution is 0.0156. The second-order valence-electron chi connectivity index (χ2n) is 7.85. The molecule has 0 aromatic heterocycles. The predicted octanol–water partition coefficient (Wildman–Crippen LogP) is 2.32. The fraction of sp³-hybridized carbons (Fsp3) is 0.941. The Hall–Kier alpha value is -0.810. The maximum Gasteiger partial charge on any atom is 0.410 e. The number of piperazine rings is 1. The Bertz CT molecular complexity index is 367. The minimum Gasteiger partial charge on any atom is -0.444 e. The molecule has 2 unspecified atom stereocenters. The lowest BCUT2D eigenvalue weighted by Gasteiger charge is -2.37. The minimum absolute atomic E-state index is 0.145. The fourth-order valence-corrected chi connectivity index (χ4v) is 3.41. The van der Waals surface area contributed by atoms with Crippen LogP contribution in [0.2, 0.25) is 0 Å². The molecule has 128 valence electrons. The molecule has 2 heterocycles. The molecule has 0 bridgehead atoms. The molecule has 2 aliphatic rings. The van der Waals surface area contributed by atoms with Crippen LogP contribution < -0.4 is 5.32 Å². The molecule has 0 radical (unpaired) electrons. The number of piperidine rings is 1. The van der Waals surface area contributed by atoms with Gasteiger partial charge in [0.15, 0.2) is 0 Å². The maximum absolute atomic E-state index is 12.2. The van der Waals surface area contributed by atoms with E-state index in [4.69, 9.17) is 4.74 Å². The standard InChI is InChI=1S/C17H33N3O2/c1-17(2,3)22-16(21)20-10-5-6-14(13-20)7-8-15-12-18-9-11-19(15)4/h14-15,18H,5-13H2,1-4H3. The molecule has 1 amide bonds. The maximum atomic E-state index is 12.2. The summed E-state index contributed by atoms with van der Waals surface area (Å²) < 4.78 is 5.51. The molecule has 1 N–H and O–H groups in total. The van der Waals surface area contributed by atoms with Gasteiger partial charge in [-0.15, -0.1) is 0 Å². The molecular formula is C17H33N3O2. The van der Waals surface area contributed by atoms with Crippen molar-refractivity contribution < 1.29 is 9.53 Å². The highest BCUT2D eigenvalue weighted by molar-refractivity contribution is 5.68. The highest BCUT2D eigenvalue weighted by Crippen LogP contribution is 2.24. The topological polar surface area (TPSA) is 44.8 Å². The number of nitrogens with zero attached hydrogens (tertiary/aromatic N) is 2. The molecule has 2 saturated heterocycles. The van der Waals surface area contributed by atoms with Crippen molar-refractivity contribution in [3.8, 4) is 0 Å². The Morgan fingerprint density at radius 3 is 2.73 bits per heavy atom. The van der Waals surface area contributed by atoms with E-state index in [-0.39, 0.29) is 6.09 Å². The number of hydrogen-bond donors (Lipinski definition) is 1. The smallest absolute Gasteiger partial charge is 0.410 e. The molecule has 2 fully saturated rings. The molecular weight excluding hydrogens is 278 g/mol. The first-order chi connectivity index (χ1) is 10.3. The number of ether oxygens (including phenoxy) is 1. The van der Waals surface area contributed by atoms with Gasteiger partial charge >= 0.3 is 6.09 Å². The van der Waals surface area contributed by atoms with Gasteiger partial charge in [0, 0.05) is 38.8 Å². The van der Waals surface area contributed by atoms with Gasteiger partial charge in [0.05, 0.1) is 0 Å². The molecule has 22 heavy (non-hydrogen) atoms. The van der Waals surface area contributed by atoms with Crippen LogP contribution in [0.4, 0.5) is 4.79 Å². The quantitative estimate of drug-likeness (QED) is 0.869. The van der Waals surface area contributed by atoms with Crippen molar-refractivity contribution in [1.82, 2.24) is 15.1 Å². The molecule has 2 rings (SSSR count). The van der Waals surface area contributed by atoms with Gasteiger partial charge in [-0.2, -0.15) is 0 Å². The Morgan fingerprint density at radius 2 is 2.05 bits per heavy atom. The van der Waals surface area contributed by atoms with E-state index in [0.717, 1.165) is 39.1 Å². The highest BCUT2D eigenvalue weighted by Gasteiger charge is 2.28. The van der Waals surface area contributed by atoms with Crippen LogP contribution in [-0.2, 0) is 4.74 Å². The third-order valence-electron chi connectivity index (χ3n) is 4.72. The molecule has 2 atom stereocenters. The Labute approximate surface area is 135 Å². The van der Waals surface area contributed by atoms with Crippen molar-refractivity contribution in [2.24, 2.45) is 5.92 Å². The van der Waals surface area contributed by atoms with Crippen LogP contribution in [0.15, 0.2) is 0 Å². The minimum atomic E-state index is -0.402. The van der Waals surface area contributed by atoms with Crippen molar-refractivity contribution in [2.45, 2.75) is 58.1 Å². The number of nitrogens with one attached hydrogen (secondary N) is 1. The number of carbonyl (C=O) groups excluding carboxylic acids is 1. The summed E-state index contributed by atoms with van der Waals surface area (Å²) in [4.78, 5) is 16.6. The largest absolute Gasteiger partial charge is 0.444 e. The summed E-state index contributed by atoms with van der Waals surface area (Å²) in [6, 6.07) is 0.644. The van der Waals surface area contributed by atoms with Crippen LogP contribution in [0.3, 0.4) is 0 Å². The molecule has 0 aromatic rings. The van der Waals surface area contributed by atoms with E-state index >= 15 is 0 Å². The Morgan fingerprint density at radius 1 is 1.27 bits per heavy atom. The summed E-state index contributed by atoms with van der Waals surface area (Å²) in [7, 11) is 2.22. The number of likely N-dealkylation sites (N-methyl/N-ethyl adjacent to an activating group) is 1. The number of likely N-dealkylation sites (tertiary alicyclic amines) is 1. The number of hydrogen-bond acceptors (Lipinski definition) is 4. The third-order valence-corrected chi connectivity index (χ3v) is 4.72. The molecule has 0 saturated carbocycles. The SMILES string of the molecule is CN1CCNCC1CCC1CCCN(C(=O)OC(C)(C)C)C1. The van der Waals surface area contributed by atoms with Crippen LogP contribution in [-0.4, -0.2) is 67.3 Å². The molecule has 0 aromatic carbocycles. The Kier molecular flexibility index (Phi) is 6.09. The van der Waals surface area contributed by atoms with E-state index in [1.807, 2.05) is 25.7 Å². The highest BCUT2D eigenvalue weighted by atomic mass is 16.6. The molecule has 5 heteroatoms. The lowest BCUT2D eigenvalue weighted by Crippen LogP contribution is -2.49. The monoisotopic (exact) mass is 311 g/mol. The summed E-state index contributed by atoms with van der Waals surface area (Å²) >= 11 is 0. The van der Waals surface area contributed by atoms with Gasteiger partial charge in [-0.05, 0) is 59.4 Å². The van der Waals surface area contributed by atoms with Crippen molar-refractivity contribution in [1.29, 1.82) is 0 Å². The zero-order chi connectivity index (χ0) is 16.2. The van der Waals surface area contributed by atoms with Crippen molar-refractivity contribution in [3.05, 3.63) is 0 Å². The average molecular weight is 311 g/mol. The van der Waals surface area contributed by atoms with Gasteiger partial charge < -0.3 is 19.9 Å². The molecule has 5 nitrogen and oxygen atoms in total. The van der Waals surface area contributed by atoms with Crippen molar-refractivity contribution in [2.75, 3.05) is 39.8 Å². The van der Waals surface area contributed by atoms with E-state index in [2.05, 4.69) is 17.3 Å². The van der Waals surface area contributed by atoms with Crippen molar-refractivity contribution in [3.63, 3.8) is 0 Å². The van der Waals surface area contributed by atoms with E-state index in [1.54, 1.807) is 0 Å². The summed E-state index contributed by atoms with van der Waals surface area (Å²) in [6.07, 6.45) is 4.62. The summed E-state index contributed by atoms with van der Waals surface area (Å²) in [5, 5.41) is 3.48. The van der Waals surface area contributed by atoms with Gasteiger partial charge in [0.2, 0.25) is 0 Å². The fourth-order valence-electron chi connectivity index (χ4n) is 3.41. The van der Waals surface area contributed by atoms with Gasteiger partial charge in [-0.25, -0.2) is 4.79 Å². The van der Waals surface area contributed by atoms with E-state index in [1.165, 1.54) is 19.3 Å². The molecule has 0 spiro atoms. The van der Waals surface area contributed by atoms with Crippen LogP contribution in [0.25, 0.3) is 0 Å². The third kappa shape index (κ3) is 5.43. The van der Waals surface area contributed by atoms with Crippen LogP contribution in [0, 0.1) is 5.92 Å². The van der Waals surface area contributed by atoms with Crippen molar-refractivity contribution >= 4 is 6.09 Å². The normalized spacial score (nSPS) is 27.7. The summed E-state index contributed by atoms with van der Waals surface area (Å²) in [5.74, 6) is 0.622. The van der Waals surface area contributed by atoms with E-state index in [0.29, 0.717) is 12.0 Å². The number of rotatable bonds is 3. The van der Waals surface area contributed by atoms with Gasteiger partial charge in [-0.1, -0.05) is 0 Å². The van der Waals surface area contributed by atoms with Crippen LogP contribution >= 0.6 is 0 Å². The van der Waals surface area contributed by atoms with E-state index < -0.39 is 5.60 Å². The first-order valence-electron chi connectivity index (χ1n) is 8.74. The summed E-state index contributed by atoms with van der Waals surface area (Å²) in [6.45, 7) is 10.8. The Balaban J connectivity index is 1.76. The number of carbonyl (C=O) groups is 1. The summed E-state index contributed by atoms with van der Waals surface area (Å²) in [5.41, 5.74) is -0.402. The number of amides is 1. The van der Waals surface area contributed by atoms with Gasteiger partial charge in [0.25, 0.3) is 0 Å².